The number of benzene rings is 1. The number of hydrogen-bond donors (Lipinski definition) is 1. The van der Waals surface area contributed by atoms with Gasteiger partial charge in [-0.2, -0.15) is 0 Å². The van der Waals surface area contributed by atoms with E-state index in [4.69, 9.17) is 0 Å². The molecule has 0 fully saturated rings. The normalized spacial score (nSPS) is 11.7. The lowest BCUT2D eigenvalue weighted by Gasteiger charge is -2.22. The number of ketones is 1. The Labute approximate surface area is 111 Å². The molecule has 0 radical (unpaired) electrons. The van der Waals surface area contributed by atoms with Gasteiger partial charge < -0.3 is 5.32 Å². The summed E-state index contributed by atoms with van der Waals surface area (Å²) in [4.78, 5) is 11.7. The molecule has 0 heterocycles. The highest BCUT2D eigenvalue weighted by Crippen LogP contribution is 2.16. The van der Waals surface area contributed by atoms with Gasteiger partial charge in [0, 0.05) is 24.1 Å². The molecule has 0 unspecified atom stereocenters. The molecule has 0 aliphatic carbocycles. The van der Waals surface area contributed by atoms with E-state index in [9.17, 15) is 4.79 Å². The predicted octanol–water partition coefficient (Wildman–Crippen LogP) is 4.05. The molecule has 1 aromatic carbocycles. The van der Waals surface area contributed by atoms with Crippen molar-refractivity contribution in [3.8, 4) is 0 Å². The van der Waals surface area contributed by atoms with Crippen molar-refractivity contribution in [3.63, 3.8) is 0 Å². The van der Waals surface area contributed by atoms with Crippen LogP contribution in [0.5, 0.6) is 0 Å². The van der Waals surface area contributed by atoms with Gasteiger partial charge in [-0.25, -0.2) is 0 Å². The van der Waals surface area contributed by atoms with E-state index in [-0.39, 0.29) is 5.54 Å². The Kier molecular flexibility index (Phi) is 4.94. The molecule has 100 valence electrons. The fourth-order valence-electron chi connectivity index (χ4n) is 1.89. The third-order valence-electron chi connectivity index (χ3n) is 2.51. The molecule has 1 aromatic rings. The van der Waals surface area contributed by atoms with Gasteiger partial charge in [0.1, 0.15) is 5.78 Å². The van der Waals surface area contributed by atoms with E-state index in [1.54, 1.807) is 0 Å². The minimum absolute atomic E-state index is 0.0645. The molecule has 0 aliphatic heterocycles. The van der Waals surface area contributed by atoms with Crippen LogP contribution in [0.15, 0.2) is 24.3 Å². The van der Waals surface area contributed by atoms with Gasteiger partial charge in [-0.3, -0.25) is 4.79 Å². The van der Waals surface area contributed by atoms with Gasteiger partial charge in [0.05, 0.1) is 0 Å². The van der Waals surface area contributed by atoms with Crippen LogP contribution in [-0.2, 0) is 11.2 Å². The standard InChI is InChI=1S/C16H25NO/c1-12(2)10-15(18)11-13-6-8-14(9-7-13)17-16(3,4)5/h6-9,12,17H,10-11H2,1-5H3. The van der Waals surface area contributed by atoms with Gasteiger partial charge in [-0.05, 0) is 44.4 Å². The highest BCUT2D eigenvalue weighted by molar-refractivity contribution is 5.81. The quantitative estimate of drug-likeness (QED) is 0.850. The van der Waals surface area contributed by atoms with Gasteiger partial charge >= 0.3 is 0 Å². The summed E-state index contributed by atoms with van der Waals surface area (Å²) < 4.78 is 0. The van der Waals surface area contributed by atoms with Crippen molar-refractivity contribution in [2.24, 2.45) is 5.92 Å². The molecular weight excluding hydrogens is 222 g/mol. The van der Waals surface area contributed by atoms with Crippen LogP contribution in [0, 0.1) is 5.92 Å². The molecule has 18 heavy (non-hydrogen) atoms. The minimum atomic E-state index is 0.0645. The lowest BCUT2D eigenvalue weighted by atomic mass is 10.0. The molecule has 2 heteroatoms. The number of carbonyl (C=O) groups excluding carboxylic acids is 1. The lowest BCUT2D eigenvalue weighted by Crippen LogP contribution is -2.25. The SMILES string of the molecule is CC(C)CC(=O)Cc1ccc(NC(C)(C)C)cc1. The maximum atomic E-state index is 11.7. The van der Waals surface area contributed by atoms with E-state index >= 15 is 0 Å². The molecule has 2 nitrogen and oxygen atoms in total. The van der Waals surface area contributed by atoms with Gasteiger partial charge in [0.2, 0.25) is 0 Å². The van der Waals surface area contributed by atoms with E-state index in [1.165, 1.54) is 0 Å². The summed E-state index contributed by atoms with van der Waals surface area (Å²) >= 11 is 0. The Bertz CT molecular complexity index is 385. The zero-order valence-electron chi connectivity index (χ0n) is 12.2. The molecule has 0 atom stereocenters. The molecule has 0 aliphatic rings. The Morgan fingerprint density at radius 2 is 1.72 bits per heavy atom. The highest BCUT2D eigenvalue weighted by atomic mass is 16.1. The van der Waals surface area contributed by atoms with Crippen molar-refractivity contribution in [3.05, 3.63) is 29.8 Å². The smallest absolute Gasteiger partial charge is 0.137 e. The lowest BCUT2D eigenvalue weighted by molar-refractivity contribution is -0.119. The van der Waals surface area contributed by atoms with Gasteiger partial charge in [0.15, 0.2) is 0 Å². The highest BCUT2D eigenvalue weighted by Gasteiger charge is 2.10. The van der Waals surface area contributed by atoms with Crippen LogP contribution in [0.2, 0.25) is 0 Å². The summed E-state index contributed by atoms with van der Waals surface area (Å²) in [6.07, 6.45) is 1.22. The fraction of sp³-hybridized carbons (Fsp3) is 0.562. The third-order valence-corrected chi connectivity index (χ3v) is 2.51. The van der Waals surface area contributed by atoms with E-state index in [0.29, 0.717) is 24.5 Å². The number of nitrogens with one attached hydrogen (secondary N) is 1. The molecule has 1 rings (SSSR count). The van der Waals surface area contributed by atoms with Crippen molar-refractivity contribution in [2.45, 2.75) is 53.0 Å². The van der Waals surface area contributed by atoms with Gasteiger partial charge in [0.25, 0.3) is 0 Å². The first-order chi connectivity index (χ1) is 8.26. The van der Waals surface area contributed by atoms with Crippen LogP contribution in [0.25, 0.3) is 0 Å². The van der Waals surface area contributed by atoms with Crippen LogP contribution in [0.4, 0.5) is 5.69 Å². The molecule has 0 aromatic heterocycles. The number of carbonyl (C=O) groups is 1. The maximum Gasteiger partial charge on any atom is 0.137 e. The van der Waals surface area contributed by atoms with Crippen LogP contribution in [0.1, 0.15) is 46.6 Å². The fourth-order valence-corrected chi connectivity index (χ4v) is 1.89. The zero-order chi connectivity index (χ0) is 13.8. The topological polar surface area (TPSA) is 29.1 Å². The van der Waals surface area contributed by atoms with Crippen LogP contribution < -0.4 is 5.32 Å². The number of hydrogen-bond acceptors (Lipinski definition) is 2. The summed E-state index contributed by atoms with van der Waals surface area (Å²) in [5, 5.41) is 3.41. The Morgan fingerprint density at radius 1 is 1.17 bits per heavy atom. The second kappa shape index (κ2) is 6.03. The van der Waals surface area contributed by atoms with E-state index < -0.39 is 0 Å². The third kappa shape index (κ3) is 5.85. The largest absolute Gasteiger partial charge is 0.380 e. The Hall–Kier alpha value is -1.31. The molecule has 0 amide bonds. The monoisotopic (exact) mass is 247 g/mol. The van der Waals surface area contributed by atoms with Crippen LogP contribution in [0.3, 0.4) is 0 Å². The molecular formula is C16H25NO. The summed E-state index contributed by atoms with van der Waals surface area (Å²) in [5.41, 5.74) is 2.26. The number of rotatable bonds is 5. The van der Waals surface area contributed by atoms with E-state index in [2.05, 4.69) is 39.9 Å². The zero-order valence-corrected chi connectivity index (χ0v) is 12.2. The average Bonchev–Trinajstić information content (AvgIpc) is 2.17. The van der Waals surface area contributed by atoms with Gasteiger partial charge in [-0.15, -0.1) is 0 Å². The number of Topliss-reactive ketones (excluding diaryl/α,β-unsaturated/α-hetero) is 1. The van der Waals surface area contributed by atoms with E-state index in [1.807, 2.05) is 24.3 Å². The van der Waals surface area contributed by atoms with Crippen LogP contribution >= 0.6 is 0 Å². The van der Waals surface area contributed by atoms with Crippen molar-refractivity contribution in [1.29, 1.82) is 0 Å². The second-order valence-corrected chi connectivity index (χ2v) is 6.39. The van der Waals surface area contributed by atoms with Crippen molar-refractivity contribution in [1.82, 2.24) is 0 Å². The van der Waals surface area contributed by atoms with E-state index in [0.717, 1.165) is 11.3 Å². The molecule has 0 bridgehead atoms. The first-order valence-electron chi connectivity index (χ1n) is 6.65. The number of anilines is 1. The van der Waals surface area contributed by atoms with Gasteiger partial charge in [-0.1, -0.05) is 26.0 Å². The van der Waals surface area contributed by atoms with Crippen molar-refractivity contribution < 1.29 is 4.79 Å². The van der Waals surface area contributed by atoms with Crippen molar-refractivity contribution in [2.75, 3.05) is 5.32 Å². The first kappa shape index (κ1) is 14.7. The predicted molar refractivity (Wildman–Crippen MR) is 78.0 cm³/mol. The second-order valence-electron chi connectivity index (χ2n) is 6.39. The Morgan fingerprint density at radius 3 is 2.17 bits per heavy atom. The van der Waals surface area contributed by atoms with Crippen molar-refractivity contribution >= 4 is 11.5 Å². The Balaban J connectivity index is 2.58. The summed E-state index contributed by atoms with van der Waals surface area (Å²) in [7, 11) is 0. The molecule has 0 spiro atoms. The first-order valence-corrected chi connectivity index (χ1v) is 6.65. The molecule has 0 saturated heterocycles. The summed E-state index contributed by atoms with van der Waals surface area (Å²) in [6, 6.07) is 8.16. The summed E-state index contributed by atoms with van der Waals surface area (Å²) in [6.45, 7) is 10.6. The summed E-state index contributed by atoms with van der Waals surface area (Å²) in [5.74, 6) is 0.765. The average molecular weight is 247 g/mol. The minimum Gasteiger partial charge on any atom is -0.380 e. The molecule has 0 saturated carbocycles. The van der Waals surface area contributed by atoms with Crippen LogP contribution in [-0.4, -0.2) is 11.3 Å². The molecule has 1 N–H and O–H groups in total. The maximum absolute atomic E-state index is 11.7.